The molecule has 0 radical (unpaired) electrons. The first-order valence-electron chi connectivity index (χ1n) is 3.43. The van der Waals surface area contributed by atoms with E-state index in [2.05, 4.69) is 6.58 Å². The summed E-state index contributed by atoms with van der Waals surface area (Å²) in [5.41, 5.74) is 6.26. The number of benzene rings is 1. The highest BCUT2D eigenvalue weighted by atomic mass is 35.5. The molecule has 0 aromatic heterocycles. The van der Waals surface area contributed by atoms with Crippen LogP contribution in [0.4, 0.5) is 5.69 Å². The molecule has 0 heterocycles. The summed E-state index contributed by atoms with van der Waals surface area (Å²) in [6.07, 6.45) is 1.69. The first kappa shape index (κ1) is 10.8. The Morgan fingerprint density at radius 2 is 2.08 bits per heavy atom. The third-order valence-corrected chi connectivity index (χ3v) is 1.28. The van der Waals surface area contributed by atoms with Gasteiger partial charge in [0.2, 0.25) is 0 Å². The van der Waals surface area contributed by atoms with Crippen LogP contribution in [0.15, 0.2) is 36.9 Å². The lowest BCUT2D eigenvalue weighted by molar-refractivity contribution is 0.365. The van der Waals surface area contributed by atoms with Gasteiger partial charge in [-0.25, -0.2) is 0 Å². The van der Waals surface area contributed by atoms with Crippen LogP contribution in [0.2, 0.25) is 0 Å². The van der Waals surface area contributed by atoms with Gasteiger partial charge in [0.05, 0.1) is 5.69 Å². The smallest absolute Gasteiger partial charge is 0.142 e. The van der Waals surface area contributed by atoms with Crippen molar-refractivity contribution < 1.29 is 4.74 Å². The zero-order chi connectivity index (χ0) is 8.10. The number of hydrogen-bond acceptors (Lipinski definition) is 2. The molecule has 1 rings (SSSR count). The van der Waals surface area contributed by atoms with Crippen LogP contribution in [0.25, 0.3) is 0 Å². The summed E-state index contributed by atoms with van der Waals surface area (Å²) in [6, 6.07) is 7.39. The Balaban J connectivity index is 0.00000121. The molecule has 0 aliphatic carbocycles. The summed E-state index contributed by atoms with van der Waals surface area (Å²) in [5, 5.41) is 0. The minimum atomic E-state index is 0. The van der Waals surface area contributed by atoms with Gasteiger partial charge in [-0.1, -0.05) is 24.8 Å². The monoisotopic (exact) mass is 185 g/mol. The fourth-order valence-electron chi connectivity index (χ4n) is 0.761. The largest absolute Gasteiger partial charge is 0.487 e. The molecule has 0 spiro atoms. The zero-order valence-corrected chi connectivity index (χ0v) is 7.51. The number of halogens is 1. The van der Waals surface area contributed by atoms with Crippen molar-refractivity contribution in [2.75, 3.05) is 12.3 Å². The number of nitrogen functional groups attached to an aromatic ring is 1. The van der Waals surface area contributed by atoms with Gasteiger partial charge in [0.25, 0.3) is 0 Å². The van der Waals surface area contributed by atoms with E-state index in [1.54, 1.807) is 12.1 Å². The molecule has 0 atom stereocenters. The van der Waals surface area contributed by atoms with Gasteiger partial charge in [0.15, 0.2) is 0 Å². The summed E-state index contributed by atoms with van der Waals surface area (Å²) < 4.78 is 5.24. The normalized spacial score (nSPS) is 8.33. The highest BCUT2D eigenvalue weighted by Crippen LogP contribution is 2.19. The van der Waals surface area contributed by atoms with E-state index in [4.69, 9.17) is 10.5 Å². The predicted octanol–water partition coefficient (Wildman–Crippen LogP) is 2.26. The summed E-state index contributed by atoms with van der Waals surface area (Å²) in [7, 11) is 0. The van der Waals surface area contributed by atoms with Crippen molar-refractivity contribution in [3.8, 4) is 5.75 Å². The minimum Gasteiger partial charge on any atom is -0.487 e. The van der Waals surface area contributed by atoms with Gasteiger partial charge < -0.3 is 10.5 Å². The van der Waals surface area contributed by atoms with Gasteiger partial charge in [0.1, 0.15) is 12.4 Å². The second kappa shape index (κ2) is 5.49. The third-order valence-electron chi connectivity index (χ3n) is 1.28. The van der Waals surface area contributed by atoms with Crippen LogP contribution in [0.5, 0.6) is 5.75 Å². The van der Waals surface area contributed by atoms with E-state index in [9.17, 15) is 0 Å². The van der Waals surface area contributed by atoms with Gasteiger partial charge in [-0.3, -0.25) is 0 Å². The van der Waals surface area contributed by atoms with E-state index < -0.39 is 0 Å². The highest BCUT2D eigenvalue weighted by molar-refractivity contribution is 5.85. The van der Waals surface area contributed by atoms with E-state index in [-0.39, 0.29) is 12.4 Å². The Labute approximate surface area is 78.4 Å². The van der Waals surface area contributed by atoms with E-state index in [1.807, 2.05) is 18.2 Å². The zero-order valence-electron chi connectivity index (χ0n) is 6.69. The average molecular weight is 186 g/mol. The highest BCUT2D eigenvalue weighted by Gasteiger charge is 1.94. The molecule has 1 aromatic carbocycles. The van der Waals surface area contributed by atoms with Crippen molar-refractivity contribution in [1.29, 1.82) is 0 Å². The second-order valence-electron chi connectivity index (χ2n) is 2.14. The molecule has 66 valence electrons. The van der Waals surface area contributed by atoms with Crippen LogP contribution >= 0.6 is 12.4 Å². The number of para-hydroxylation sites is 2. The Hall–Kier alpha value is -1.15. The summed E-state index contributed by atoms with van der Waals surface area (Å²) in [6.45, 7) is 4.03. The van der Waals surface area contributed by atoms with E-state index in [0.717, 1.165) is 0 Å². The number of nitrogens with two attached hydrogens (primary N) is 1. The first-order valence-corrected chi connectivity index (χ1v) is 3.43. The van der Waals surface area contributed by atoms with Gasteiger partial charge >= 0.3 is 0 Å². The van der Waals surface area contributed by atoms with Crippen LogP contribution in [0.1, 0.15) is 0 Å². The van der Waals surface area contributed by atoms with E-state index in [0.29, 0.717) is 18.0 Å². The molecule has 1 aromatic rings. The Bertz CT molecular complexity index is 250. The molecule has 3 heteroatoms. The molecule has 0 amide bonds. The molecular weight excluding hydrogens is 174 g/mol. The fourth-order valence-corrected chi connectivity index (χ4v) is 0.761. The number of anilines is 1. The first-order chi connectivity index (χ1) is 5.34. The van der Waals surface area contributed by atoms with Crippen molar-refractivity contribution in [3.63, 3.8) is 0 Å². The quantitative estimate of drug-likeness (QED) is 0.579. The van der Waals surface area contributed by atoms with Gasteiger partial charge in [-0.15, -0.1) is 12.4 Å². The average Bonchev–Trinajstić information content (AvgIpc) is 2.03. The fraction of sp³-hybridized carbons (Fsp3) is 0.111. The van der Waals surface area contributed by atoms with Crippen LogP contribution in [0, 0.1) is 0 Å². The van der Waals surface area contributed by atoms with Crippen molar-refractivity contribution >= 4 is 18.1 Å². The van der Waals surface area contributed by atoms with Gasteiger partial charge in [-0.05, 0) is 12.1 Å². The van der Waals surface area contributed by atoms with Crippen LogP contribution in [0.3, 0.4) is 0 Å². The van der Waals surface area contributed by atoms with E-state index >= 15 is 0 Å². The number of ether oxygens (including phenoxy) is 1. The van der Waals surface area contributed by atoms with Gasteiger partial charge in [0, 0.05) is 0 Å². The maximum absolute atomic E-state index is 5.60. The number of hydrogen-bond donors (Lipinski definition) is 1. The summed E-state index contributed by atoms with van der Waals surface area (Å²) in [5.74, 6) is 0.715. The van der Waals surface area contributed by atoms with Crippen LogP contribution < -0.4 is 10.5 Å². The molecule has 0 unspecified atom stereocenters. The molecule has 0 aliphatic heterocycles. The second-order valence-corrected chi connectivity index (χ2v) is 2.14. The predicted molar refractivity (Wildman–Crippen MR) is 53.8 cm³/mol. The van der Waals surface area contributed by atoms with Crippen molar-refractivity contribution in [3.05, 3.63) is 36.9 Å². The Morgan fingerprint density at radius 1 is 1.42 bits per heavy atom. The Morgan fingerprint density at radius 3 is 2.67 bits per heavy atom. The lowest BCUT2D eigenvalue weighted by Crippen LogP contribution is -1.96. The van der Waals surface area contributed by atoms with Crippen molar-refractivity contribution in [2.45, 2.75) is 0 Å². The topological polar surface area (TPSA) is 35.2 Å². The third kappa shape index (κ3) is 2.84. The molecule has 0 saturated carbocycles. The van der Waals surface area contributed by atoms with E-state index in [1.165, 1.54) is 0 Å². The van der Waals surface area contributed by atoms with Crippen molar-refractivity contribution in [1.82, 2.24) is 0 Å². The van der Waals surface area contributed by atoms with Crippen LogP contribution in [-0.2, 0) is 0 Å². The van der Waals surface area contributed by atoms with Crippen molar-refractivity contribution in [2.24, 2.45) is 0 Å². The Kier molecular flexibility index (Phi) is 4.97. The molecule has 0 fully saturated rings. The molecule has 2 N–H and O–H groups in total. The molecule has 2 nitrogen and oxygen atoms in total. The molecule has 0 aliphatic rings. The maximum Gasteiger partial charge on any atom is 0.142 e. The molecule has 0 bridgehead atoms. The molecular formula is C9H12ClNO. The number of rotatable bonds is 3. The molecule has 0 saturated heterocycles. The summed E-state index contributed by atoms with van der Waals surface area (Å²) in [4.78, 5) is 0. The van der Waals surface area contributed by atoms with Gasteiger partial charge in [-0.2, -0.15) is 0 Å². The van der Waals surface area contributed by atoms with Crippen LogP contribution in [-0.4, -0.2) is 6.61 Å². The molecule has 12 heavy (non-hydrogen) atoms. The lowest BCUT2D eigenvalue weighted by atomic mass is 10.3. The standard InChI is InChI=1S/C9H11NO.ClH/c1-2-7-11-9-6-4-3-5-8(9)10;/h2-6H,1,7,10H2;1H. The SMILES string of the molecule is C=CCOc1ccccc1N.Cl. The maximum atomic E-state index is 5.60. The minimum absolute atomic E-state index is 0. The summed E-state index contributed by atoms with van der Waals surface area (Å²) >= 11 is 0. The lowest BCUT2D eigenvalue weighted by Gasteiger charge is -2.04.